The normalized spacial score (nSPS) is 11.4. The van der Waals surface area contributed by atoms with Crippen molar-refractivity contribution in [3.8, 4) is 5.75 Å². The summed E-state index contributed by atoms with van der Waals surface area (Å²) in [6, 6.07) is 7.79. The molecule has 0 radical (unpaired) electrons. The number of rotatable bonds is 7. The number of hydrogen-bond acceptors (Lipinski definition) is 4. The van der Waals surface area contributed by atoms with Gasteiger partial charge in [0.25, 0.3) is 0 Å². The highest BCUT2D eigenvalue weighted by Crippen LogP contribution is 2.22. The molecule has 0 bridgehead atoms. The molecule has 3 nitrogen and oxygen atoms in total. The Kier molecular flexibility index (Phi) is 6.16. The lowest BCUT2D eigenvalue weighted by molar-refractivity contribution is 0.414. The zero-order valence-electron chi connectivity index (χ0n) is 9.56. The quantitative estimate of drug-likeness (QED) is 0.440. The van der Waals surface area contributed by atoms with E-state index in [1.807, 2.05) is 24.3 Å². The Bertz CT molecular complexity index is 429. The summed E-state index contributed by atoms with van der Waals surface area (Å²) >= 11 is 1.70. The molecule has 1 rings (SSSR count). The molecule has 1 aromatic carbocycles. The first-order valence-electron chi connectivity index (χ1n) is 5.20. The second kappa shape index (κ2) is 7.13. The van der Waals surface area contributed by atoms with E-state index >= 15 is 0 Å². The van der Waals surface area contributed by atoms with E-state index in [4.69, 9.17) is 15.4 Å². The molecule has 0 saturated heterocycles. The van der Waals surface area contributed by atoms with Gasteiger partial charge >= 0.3 is 0 Å². The van der Waals surface area contributed by atoms with Crippen LogP contribution in [0.4, 0.5) is 0 Å². The van der Waals surface area contributed by atoms with Gasteiger partial charge in [-0.25, -0.2) is 8.42 Å². The maximum absolute atomic E-state index is 10.7. The number of methoxy groups -OCH3 is 1. The summed E-state index contributed by atoms with van der Waals surface area (Å²) in [5.41, 5.74) is 0. The van der Waals surface area contributed by atoms with Gasteiger partial charge in [0.05, 0.1) is 12.9 Å². The highest BCUT2D eigenvalue weighted by Gasteiger charge is 2.04. The number of hydrogen-bond donors (Lipinski definition) is 0. The van der Waals surface area contributed by atoms with Crippen LogP contribution in [0, 0.1) is 0 Å². The van der Waals surface area contributed by atoms with Crippen molar-refractivity contribution in [3.05, 3.63) is 24.3 Å². The van der Waals surface area contributed by atoms with Crippen molar-refractivity contribution in [2.75, 3.05) is 18.6 Å². The predicted molar refractivity (Wildman–Crippen MR) is 72.6 cm³/mol. The van der Waals surface area contributed by atoms with Crippen LogP contribution >= 0.6 is 22.4 Å². The van der Waals surface area contributed by atoms with Gasteiger partial charge in [-0.3, -0.25) is 0 Å². The lowest BCUT2D eigenvalue weighted by Crippen LogP contribution is -1.97. The fourth-order valence-corrected chi connectivity index (χ4v) is 3.03. The van der Waals surface area contributed by atoms with Gasteiger partial charge in [0.1, 0.15) is 5.75 Å². The molecule has 0 aliphatic heterocycles. The third-order valence-corrected chi connectivity index (χ3v) is 4.45. The fourth-order valence-electron chi connectivity index (χ4n) is 1.24. The monoisotopic (exact) mass is 294 g/mol. The fraction of sp³-hybridized carbons (Fsp3) is 0.455. The molecule has 17 heavy (non-hydrogen) atoms. The van der Waals surface area contributed by atoms with E-state index in [-0.39, 0.29) is 5.75 Å². The molecule has 6 heteroatoms. The lowest BCUT2D eigenvalue weighted by Gasteiger charge is -2.03. The third kappa shape index (κ3) is 6.81. The van der Waals surface area contributed by atoms with Crippen molar-refractivity contribution in [1.82, 2.24) is 0 Å². The minimum absolute atomic E-state index is 0.0533. The Morgan fingerprint density at radius 3 is 2.41 bits per heavy atom. The standard InChI is InChI=1S/C11H15ClO3S2/c1-15-10-4-6-11(7-5-10)16-8-2-3-9-17(12,13)14/h4-7H,2-3,8-9H2,1H3. The van der Waals surface area contributed by atoms with Gasteiger partial charge in [0.2, 0.25) is 9.05 Å². The van der Waals surface area contributed by atoms with Crippen LogP contribution in [0.3, 0.4) is 0 Å². The smallest absolute Gasteiger partial charge is 0.232 e. The van der Waals surface area contributed by atoms with Crippen molar-refractivity contribution in [2.24, 2.45) is 0 Å². The van der Waals surface area contributed by atoms with Gasteiger partial charge < -0.3 is 4.74 Å². The molecule has 0 aliphatic carbocycles. The molecule has 0 unspecified atom stereocenters. The zero-order valence-corrected chi connectivity index (χ0v) is 11.9. The van der Waals surface area contributed by atoms with Crippen LogP contribution in [0.25, 0.3) is 0 Å². The molecule has 0 fully saturated rings. The van der Waals surface area contributed by atoms with E-state index < -0.39 is 9.05 Å². The minimum Gasteiger partial charge on any atom is -0.497 e. The Morgan fingerprint density at radius 2 is 1.88 bits per heavy atom. The van der Waals surface area contributed by atoms with Crippen LogP contribution in [-0.2, 0) is 9.05 Å². The summed E-state index contributed by atoms with van der Waals surface area (Å²) in [7, 11) is 3.42. The van der Waals surface area contributed by atoms with Crippen LogP contribution < -0.4 is 4.74 Å². The maximum Gasteiger partial charge on any atom is 0.232 e. The van der Waals surface area contributed by atoms with E-state index in [9.17, 15) is 8.42 Å². The summed E-state index contributed by atoms with van der Waals surface area (Å²) in [5.74, 6) is 1.78. The first-order chi connectivity index (χ1) is 8.01. The average Bonchev–Trinajstić information content (AvgIpc) is 2.28. The Hall–Kier alpha value is -0.390. The van der Waals surface area contributed by atoms with Crippen molar-refractivity contribution >= 4 is 31.5 Å². The molecular formula is C11H15ClO3S2. The topological polar surface area (TPSA) is 43.4 Å². The predicted octanol–water partition coefficient (Wildman–Crippen LogP) is 3.14. The summed E-state index contributed by atoms with van der Waals surface area (Å²) < 4.78 is 26.4. The van der Waals surface area contributed by atoms with E-state index in [0.717, 1.165) is 22.8 Å². The van der Waals surface area contributed by atoms with Crippen molar-refractivity contribution in [1.29, 1.82) is 0 Å². The molecule has 1 aromatic rings. The Balaban J connectivity index is 2.22. The number of unbranched alkanes of at least 4 members (excludes halogenated alkanes) is 1. The van der Waals surface area contributed by atoms with Gasteiger partial charge in [0.15, 0.2) is 0 Å². The van der Waals surface area contributed by atoms with Crippen molar-refractivity contribution in [3.63, 3.8) is 0 Å². The van der Waals surface area contributed by atoms with Crippen LogP contribution in [0.2, 0.25) is 0 Å². The van der Waals surface area contributed by atoms with Crippen LogP contribution in [0.1, 0.15) is 12.8 Å². The van der Waals surface area contributed by atoms with Gasteiger partial charge in [0, 0.05) is 15.6 Å². The molecule has 96 valence electrons. The summed E-state index contributed by atoms with van der Waals surface area (Å²) in [4.78, 5) is 1.15. The molecule has 0 N–H and O–H groups in total. The van der Waals surface area contributed by atoms with Crippen LogP contribution in [0.5, 0.6) is 5.75 Å². The highest BCUT2D eigenvalue weighted by atomic mass is 35.7. The van der Waals surface area contributed by atoms with Crippen molar-refractivity contribution in [2.45, 2.75) is 17.7 Å². The molecule has 0 saturated carbocycles. The first-order valence-corrected chi connectivity index (χ1v) is 8.67. The minimum atomic E-state index is -3.33. The number of benzene rings is 1. The first kappa shape index (κ1) is 14.7. The SMILES string of the molecule is COc1ccc(SCCCCS(=O)(=O)Cl)cc1. The van der Waals surface area contributed by atoms with E-state index in [0.29, 0.717) is 6.42 Å². The van der Waals surface area contributed by atoms with Crippen LogP contribution in [0.15, 0.2) is 29.2 Å². The van der Waals surface area contributed by atoms with Gasteiger partial charge in [-0.15, -0.1) is 11.8 Å². The lowest BCUT2D eigenvalue weighted by atomic mass is 10.3. The summed E-state index contributed by atoms with van der Waals surface area (Å²) in [5, 5.41) is 0. The molecule has 0 amide bonds. The molecule has 0 aliphatic rings. The molecule has 0 heterocycles. The van der Waals surface area contributed by atoms with Gasteiger partial charge in [-0.2, -0.15) is 0 Å². The molecule has 0 spiro atoms. The zero-order chi connectivity index (χ0) is 12.7. The Labute approximate surface area is 111 Å². The molecular weight excluding hydrogens is 280 g/mol. The van der Waals surface area contributed by atoms with E-state index in [1.165, 1.54) is 0 Å². The van der Waals surface area contributed by atoms with Gasteiger partial charge in [-0.1, -0.05) is 0 Å². The number of halogens is 1. The summed E-state index contributed by atoms with van der Waals surface area (Å²) in [6.45, 7) is 0. The third-order valence-electron chi connectivity index (χ3n) is 2.11. The van der Waals surface area contributed by atoms with E-state index in [1.54, 1.807) is 18.9 Å². The van der Waals surface area contributed by atoms with Crippen LogP contribution in [-0.4, -0.2) is 27.0 Å². The van der Waals surface area contributed by atoms with Gasteiger partial charge in [-0.05, 0) is 42.9 Å². The Morgan fingerprint density at radius 1 is 1.24 bits per heavy atom. The van der Waals surface area contributed by atoms with Crippen molar-refractivity contribution < 1.29 is 13.2 Å². The summed E-state index contributed by atoms with van der Waals surface area (Å²) in [6.07, 6.45) is 1.44. The average molecular weight is 295 g/mol. The largest absolute Gasteiger partial charge is 0.497 e. The molecule has 0 aromatic heterocycles. The van der Waals surface area contributed by atoms with E-state index in [2.05, 4.69) is 0 Å². The maximum atomic E-state index is 10.7. The highest BCUT2D eigenvalue weighted by molar-refractivity contribution is 8.13. The second-order valence-corrected chi connectivity index (χ2v) is 7.54. The number of ether oxygens (including phenoxy) is 1. The second-order valence-electron chi connectivity index (χ2n) is 3.47. The molecule has 0 atom stereocenters. The number of thioether (sulfide) groups is 1.